The summed E-state index contributed by atoms with van der Waals surface area (Å²) in [5.74, 6) is -2.18. The first kappa shape index (κ1) is 23.3. The van der Waals surface area contributed by atoms with Gasteiger partial charge in [-0.2, -0.15) is 4.72 Å². The van der Waals surface area contributed by atoms with Crippen LogP contribution in [0.3, 0.4) is 0 Å². The molecule has 2 rings (SSSR count). The van der Waals surface area contributed by atoms with Gasteiger partial charge in [0.2, 0.25) is 15.9 Å². The van der Waals surface area contributed by atoms with Crippen molar-refractivity contribution in [3.8, 4) is 0 Å². The third kappa shape index (κ3) is 5.78. The number of esters is 2. The molecule has 0 aromatic heterocycles. The first-order valence-electron chi connectivity index (χ1n) is 8.48. The molecule has 2 N–H and O–H groups in total. The van der Waals surface area contributed by atoms with Crippen LogP contribution in [0.15, 0.2) is 47.4 Å². The molecule has 160 valence electrons. The molecule has 2 aromatic rings. The molecule has 11 heteroatoms. The molecule has 0 aliphatic heterocycles. The molecule has 0 radical (unpaired) electrons. The minimum absolute atomic E-state index is 0.00472. The van der Waals surface area contributed by atoms with Crippen LogP contribution in [0.25, 0.3) is 0 Å². The van der Waals surface area contributed by atoms with Crippen molar-refractivity contribution in [3.63, 3.8) is 0 Å². The van der Waals surface area contributed by atoms with Crippen LogP contribution in [-0.4, -0.2) is 46.5 Å². The Morgan fingerprint density at radius 2 is 1.43 bits per heavy atom. The van der Waals surface area contributed by atoms with Gasteiger partial charge in [-0.1, -0.05) is 11.6 Å². The number of methoxy groups -OCH3 is 2. The van der Waals surface area contributed by atoms with Gasteiger partial charge in [0.1, 0.15) is 0 Å². The van der Waals surface area contributed by atoms with E-state index in [1.54, 1.807) is 0 Å². The molecule has 0 saturated carbocycles. The summed E-state index contributed by atoms with van der Waals surface area (Å²) in [7, 11) is -1.65. The van der Waals surface area contributed by atoms with E-state index in [0.717, 1.165) is 0 Å². The van der Waals surface area contributed by atoms with E-state index in [1.807, 2.05) is 0 Å². The monoisotopic (exact) mass is 454 g/mol. The average Bonchev–Trinajstić information content (AvgIpc) is 2.72. The second kappa shape index (κ2) is 9.70. The van der Waals surface area contributed by atoms with Crippen molar-refractivity contribution >= 4 is 45.2 Å². The third-order valence-corrected chi connectivity index (χ3v) is 5.70. The number of hydrogen-bond acceptors (Lipinski definition) is 7. The molecule has 0 bridgehead atoms. The molecular weight excluding hydrogens is 436 g/mol. The molecule has 30 heavy (non-hydrogen) atoms. The van der Waals surface area contributed by atoms with Gasteiger partial charge in [0.15, 0.2) is 0 Å². The van der Waals surface area contributed by atoms with Crippen molar-refractivity contribution in [1.82, 2.24) is 4.72 Å². The van der Waals surface area contributed by atoms with Gasteiger partial charge >= 0.3 is 11.9 Å². The lowest BCUT2D eigenvalue weighted by Gasteiger charge is -2.15. The van der Waals surface area contributed by atoms with Crippen LogP contribution >= 0.6 is 11.6 Å². The Morgan fingerprint density at radius 3 is 1.90 bits per heavy atom. The predicted molar refractivity (Wildman–Crippen MR) is 109 cm³/mol. The highest BCUT2D eigenvalue weighted by Gasteiger charge is 2.23. The largest absolute Gasteiger partial charge is 0.465 e. The van der Waals surface area contributed by atoms with Gasteiger partial charge in [0.25, 0.3) is 0 Å². The molecule has 1 atom stereocenters. The second-order valence-corrected chi connectivity index (χ2v) is 8.22. The molecule has 2 aromatic carbocycles. The first-order valence-corrected chi connectivity index (χ1v) is 10.3. The fourth-order valence-electron chi connectivity index (χ4n) is 2.39. The first-order chi connectivity index (χ1) is 14.1. The van der Waals surface area contributed by atoms with Crippen molar-refractivity contribution in [2.45, 2.75) is 17.9 Å². The number of nitrogens with one attached hydrogen (secondary N) is 2. The predicted octanol–water partition coefficient (Wildman–Crippen LogP) is 2.22. The van der Waals surface area contributed by atoms with Crippen LogP contribution in [0.2, 0.25) is 5.02 Å². The fraction of sp³-hybridized carbons (Fsp3) is 0.211. The summed E-state index contributed by atoms with van der Waals surface area (Å²) in [6, 6.07) is 8.08. The van der Waals surface area contributed by atoms with E-state index in [0.29, 0.717) is 5.02 Å². The van der Waals surface area contributed by atoms with Crippen molar-refractivity contribution in [2.75, 3.05) is 19.5 Å². The maximum atomic E-state index is 12.5. The van der Waals surface area contributed by atoms with E-state index in [9.17, 15) is 22.8 Å². The number of sulfonamides is 1. The highest BCUT2D eigenvalue weighted by atomic mass is 35.5. The van der Waals surface area contributed by atoms with Crippen LogP contribution in [0, 0.1) is 0 Å². The SMILES string of the molecule is COC(=O)c1cc(NC(=O)[C@@H](C)NS(=O)(=O)c2ccc(Cl)cc2)cc(C(=O)OC)c1. The number of benzene rings is 2. The number of carbonyl (C=O) groups is 3. The summed E-state index contributed by atoms with van der Waals surface area (Å²) in [6.45, 7) is 1.34. The Morgan fingerprint density at radius 1 is 0.933 bits per heavy atom. The fourth-order valence-corrected chi connectivity index (χ4v) is 3.72. The van der Waals surface area contributed by atoms with E-state index >= 15 is 0 Å². The standard InChI is InChI=1S/C19H19ClN2O7S/c1-11(22-30(26,27)16-6-4-14(20)5-7-16)17(23)21-15-9-12(18(24)28-2)8-13(10-15)19(25)29-3/h4-11,22H,1-3H3,(H,21,23)/t11-/m1/s1. The number of hydrogen-bond donors (Lipinski definition) is 2. The number of carbonyl (C=O) groups excluding carboxylic acids is 3. The quantitative estimate of drug-likeness (QED) is 0.614. The Bertz CT molecular complexity index is 1030. The molecule has 0 spiro atoms. The second-order valence-electron chi connectivity index (χ2n) is 6.07. The molecule has 0 fully saturated rings. The highest BCUT2D eigenvalue weighted by Crippen LogP contribution is 2.18. The van der Waals surface area contributed by atoms with E-state index in [4.69, 9.17) is 11.6 Å². The molecule has 9 nitrogen and oxygen atoms in total. The van der Waals surface area contributed by atoms with E-state index in [1.165, 1.54) is 63.6 Å². The normalized spacial score (nSPS) is 12.0. The van der Waals surface area contributed by atoms with Crippen LogP contribution in [0.5, 0.6) is 0 Å². The minimum atomic E-state index is -3.98. The van der Waals surface area contributed by atoms with Gasteiger partial charge in [0, 0.05) is 10.7 Å². The zero-order valence-electron chi connectivity index (χ0n) is 16.3. The molecular formula is C19H19ClN2O7S. The lowest BCUT2D eigenvalue weighted by Crippen LogP contribution is -2.41. The maximum absolute atomic E-state index is 12.5. The van der Waals surface area contributed by atoms with E-state index < -0.39 is 33.9 Å². The molecule has 0 aliphatic rings. The molecule has 0 unspecified atom stereocenters. The molecule has 0 saturated heterocycles. The lowest BCUT2D eigenvalue weighted by molar-refractivity contribution is -0.117. The van der Waals surface area contributed by atoms with Gasteiger partial charge in [-0.05, 0) is 49.4 Å². The zero-order chi connectivity index (χ0) is 22.5. The van der Waals surface area contributed by atoms with Crippen molar-refractivity contribution in [3.05, 3.63) is 58.6 Å². The summed E-state index contributed by atoms with van der Waals surface area (Å²) >= 11 is 5.75. The van der Waals surface area contributed by atoms with Crippen molar-refractivity contribution in [1.29, 1.82) is 0 Å². The van der Waals surface area contributed by atoms with Crippen LogP contribution < -0.4 is 10.0 Å². The van der Waals surface area contributed by atoms with Crippen molar-refractivity contribution in [2.24, 2.45) is 0 Å². The van der Waals surface area contributed by atoms with Crippen LogP contribution in [0.1, 0.15) is 27.6 Å². The number of halogens is 1. The Balaban J connectivity index is 2.22. The van der Waals surface area contributed by atoms with Gasteiger partial charge in [0.05, 0.1) is 36.3 Å². The van der Waals surface area contributed by atoms with Gasteiger partial charge < -0.3 is 14.8 Å². The number of ether oxygens (including phenoxy) is 2. The van der Waals surface area contributed by atoms with Crippen molar-refractivity contribution < 1.29 is 32.3 Å². The summed E-state index contributed by atoms with van der Waals surface area (Å²) in [5.41, 5.74) is 0.0936. The van der Waals surface area contributed by atoms with Gasteiger partial charge in [-0.15, -0.1) is 0 Å². The topological polar surface area (TPSA) is 128 Å². The summed E-state index contributed by atoms with van der Waals surface area (Å²) in [4.78, 5) is 36.1. The highest BCUT2D eigenvalue weighted by molar-refractivity contribution is 7.89. The molecule has 0 aliphatic carbocycles. The number of anilines is 1. The zero-order valence-corrected chi connectivity index (χ0v) is 17.8. The maximum Gasteiger partial charge on any atom is 0.337 e. The number of amides is 1. The smallest absolute Gasteiger partial charge is 0.337 e. The van der Waals surface area contributed by atoms with Gasteiger partial charge in [-0.3, -0.25) is 4.79 Å². The molecule has 0 heterocycles. The summed E-state index contributed by atoms with van der Waals surface area (Å²) in [6.07, 6.45) is 0. The number of rotatable bonds is 7. The van der Waals surface area contributed by atoms with E-state index in [-0.39, 0.29) is 21.7 Å². The Kier molecular flexibility index (Phi) is 7.54. The molecule has 1 amide bonds. The minimum Gasteiger partial charge on any atom is -0.465 e. The van der Waals surface area contributed by atoms with Gasteiger partial charge in [-0.25, -0.2) is 18.0 Å². The Labute approximate surface area is 178 Å². The third-order valence-electron chi connectivity index (χ3n) is 3.89. The average molecular weight is 455 g/mol. The summed E-state index contributed by atoms with van der Waals surface area (Å²) < 4.78 is 36.3. The summed E-state index contributed by atoms with van der Waals surface area (Å²) in [5, 5.41) is 2.83. The Hall–Kier alpha value is -2.95. The van der Waals surface area contributed by atoms with Crippen LogP contribution in [-0.2, 0) is 24.3 Å². The lowest BCUT2D eigenvalue weighted by atomic mass is 10.1. The van der Waals surface area contributed by atoms with E-state index in [2.05, 4.69) is 19.5 Å². The van der Waals surface area contributed by atoms with Crippen LogP contribution in [0.4, 0.5) is 5.69 Å².